The molecule has 0 aromatic carbocycles. The summed E-state index contributed by atoms with van der Waals surface area (Å²) in [5.74, 6) is -0.204. The Kier molecular flexibility index (Phi) is 4.24. The van der Waals surface area contributed by atoms with E-state index in [2.05, 4.69) is 9.71 Å². The Bertz CT molecular complexity index is 585. The third-order valence-electron chi connectivity index (χ3n) is 3.09. The van der Waals surface area contributed by atoms with Crippen molar-refractivity contribution in [3.63, 3.8) is 0 Å². The van der Waals surface area contributed by atoms with Gasteiger partial charge in [0.2, 0.25) is 10.0 Å². The van der Waals surface area contributed by atoms with Gasteiger partial charge in [-0.25, -0.2) is 18.1 Å². The van der Waals surface area contributed by atoms with E-state index in [0.29, 0.717) is 24.5 Å². The van der Waals surface area contributed by atoms with Crippen LogP contribution in [0.25, 0.3) is 0 Å². The number of amides is 1. The molecule has 1 saturated heterocycles. The van der Waals surface area contributed by atoms with Gasteiger partial charge >= 0.3 is 0 Å². The van der Waals surface area contributed by atoms with E-state index in [4.69, 9.17) is 5.73 Å². The van der Waals surface area contributed by atoms with E-state index in [9.17, 15) is 13.2 Å². The zero-order chi connectivity index (χ0) is 14.8. The molecular formula is C12H18N4O3S. The highest BCUT2D eigenvalue weighted by molar-refractivity contribution is 7.88. The fraction of sp³-hybridized carbons (Fsp3) is 0.500. The van der Waals surface area contributed by atoms with Crippen LogP contribution in [0.15, 0.2) is 18.3 Å². The second-order valence-corrected chi connectivity index (χ2v) is 6.74. The van der Waals surface area contributed by atoms with Gasteiger partial charge in [-0.2, -0.15) is 0 Å². The van der Waals surface area contributed by atoms with Crippen LogP contribution in [0.4, 0.5) is 5.69 Å². The van der Waals surface area contributed by atoms with Crippen molar-refractivity contribution in [3.05, 3.63) is 24.0 Å². The number of carbonyl (C=O) groups is 1. The standard InChI is InChI=1S/C12H18N4O3S/c1-20(18,19)15-10-3-2-6-16(8-10)12(17)11-5-4-9(13)7-14-11/h4-5,7,10,15H,2-3,6,8,13H2,1H3. The first-order valence-electron chi connectivity index (χ1n) is 6.33. The highest BCUT2D eigenvalue weighted by Gasteiger charge is 2.26. The zero-order valence-electron chi connectivity index (χ0n) is 11.2. The topological polar surface area (TPSA) is 105 Å². The predicted molar refractivity (Wildman–Crippen MR) is 75.6 cm³/mol. The molecule has 110 valence electrons. The largest absolute Gasteiger partial charge is 0.397 e. The third-order valence-corrected chi connectivity index (χ3v) is 3.86. The number of likely N-dealkylation sites (tertiary alicyclic amines) is 1. The molecule has 1 aliphatic heterocycles. The van der Waals surface area contributed by atoms with Gasteiger partial charge in [0.25, 0.3) is 5.91 Å². The van der Waals surface area contributed by atoms with Gasteiger partial charge in [0.15, 0.2) is 0 Å². The summed E-state index contributed by atoms with van der Waals surface area (Å²) in [4.78, 5) is 17.9. The Balaban J connectivity index is 2.05. The van der Waals surface area contributed by atoms with Crippen molar-refractivity contribution >= 4 is 21.6 Å². The summed E-state index contributed by atoms with van der Waals surface area (Å²) < 4.78 is 25.0. The van der Waals surface area contributed by atoms with Crippen LogP contribution in [0.1, 0.15) is 23.3 Å². The maximum Gasteiger partial charge on any atom is 0.272 e. The van der Waals surface area contributed by atoms with Crippen molar-refractivity contribution in [1.29, 1.82) is 0 Å². The molecule has 1 unspecified atom stereocenters. The first-order chi connectivity index (χ1) is 9.35. The SMILES string of the molecule is CS(=O)(=O)NC1CCCN(C(=O)c2ccc(N)cn2)C1. The maximum atomic E-state index is 12.3. The van der Waals surface area contributed by atoms with Crippen molar-refractivity contribution in [3.8, 4) is 0 Å². The van der Waals surface area contributed by atoms with E-state index in [-0.39, 0.29) is 11.9 Å². The Labute approximate surface area is 118 Å². The number of sulfonamides is 1. The summed E-state index contributed by atoms with van der Waals surface area (Å²) in [7, 11) is -3.26. The molecule has 20 heavy (non-hydrogen) atoms. The fourth-order valence-electron chi connectivity index (χ4n) is 2.25. The zero-order valence-corrected chi connectivity index (χ0v) is 12.1. The summed E-state index contributed by atoms with van der Waals surface area (Å²) in [5, 5.41) is 0. The van der Waals surface area contributed by atoms with E-state index < -0.39 is 10.0 Å². The molecule has 7 nitrogen and oxygen atoms in total. The van der Waals surface area contributed by atoms with Crippen LogP contribution >= 0.6 is 0 Å². The number of pyridine rings is 1. The van der Waals surface area contributed by atoms with Crippen LogP contribution in [0.2, 0.25) is 0 Å². The summed E-state index contributed by atoms with van der Waals surface area (Å²) >= 11 is 0. The lowest BCUT2D eigenvalue weighted by molar-refractivity contribution is 0.0697. The molecular weight excluding hydrogens is 280 g/mol. The number of nitrogens with one attached hydrogen (secondary N) is 1. The summed E-state index contributed by atoms with van der Waals surface area (Å²) in [5.41, 5.74) is 6.35. The van der Waals surface area contributed by atoms with Gasteiger partial charge in [-0.15, -0.1) is 0 Å². The molecule has 2 rings (SSSR count). The van der Waals surface area contributed by atoms with Crippen molar-refractivity contribution < 1.29 is 13.2 Å². The smallest absolute Gasteiger partial charge is 0.272 e. The maximum absolute atomic E-state index is 12.3. The second-order valence-electron chi connectivity index (χ2n) is 4.96. The number of hydrogen-bond donors (Lipinski definition) is 2. The highest BCUT2D eigenvalue weighted by Crippen LogP contribution is 2.14. The molecule has 1 amide bonds. The number of anilines is 1. The molecule has 0 bridgehead atoms. The molecule has 1 fully saturated rings. The monoisotopic (exact) mass is 298 g/mol. The number of hydrogen-bond acceptors (Lipinski definition) is 5. The fourth-order valence-corrected chi connectivity index (χ4v) is 3.05. The molecule has 8 heteroatoms. The third kappa shape index (κ3) is 3.91. The number of nitrogens with two attached hydrogens (primary N) is 1. The lowest BCUT2D eigenvalue weighted by Crippen LogP contribution is -2.49. The van der Waals surface area contributed by atoms with E-state index in [1.54, 1.807) is 17.0 Å². The van der Waals surface area contributed by atoms with Gasteiger partial charge in [0.05, 0.1) is 18.1 Å². The summed E-state index contributed by atoms with van der Waals surface area (Å²) in [6.45, 7) is 0.963. The van der Waals surface area contributed by atoms with Crippen LogP contribution < -0.4 is 10.5 Å². The van der Waals surface area contributed by atoms with Crippen molar-refractivity contribution in [2.24, 2.45) is 0 Å². The van der Waals surface area contributed by atoms with Crippen molar-refractivity contribution in [2.75, 3.05) is 25.1 Å². The Hall–Kier alpha value is -1.67. The average Bonchev–Trinajstić information content (AvgIpc) is 2.37. The normalized spacial score (nSPS) is 19.9. The molecule has 1 aliphatic rings. The minimum atomic E-state index is -3.26. The number of rotatable bonds is 3. The van der Waals surface area contributed by atoms with Crippen LogP contribution in [-0.4, -0.2) is 49.6 Å². The number of carbonyl (C=O) groups excluding carboxylic acids is 1. The lowest BCUT2D eigenvalue weighted by Gasteiger charge is -2.32. The van der Waals surface area contributed by atoms with Gasteiger partial charge in [0.1, 0.15) is 5.69 Å². The van der Waals surface area contributed by atoms with Crippen molar-refractivity contribution in [2.45, 2.75) is 18.9 Å². The molecule has 0 radical (unpaired) electrons. The van der Waals surface area contributed by atoms with E-state index in [1.165, 1.54) is 6.20 Å². The van der Waals surface area contributed by atoms with Gasteiger partial charge in [-0.3, -0.25) is 4.79 Å². The quantitative estimate of drug-likeness (QED) is 0.805. The summed E-state index contributed by atoms with van der Waals surface area (Å²) in [6, 6.07) is 2.96. The Morgan fingerprint density at radius 3 is 2.85 bits per heavy atom. The van der Waals surface area contributed by atoms with Crippen LogP contribution in [0, 0.1) is 0 Å². The number of nitrogen functional groups attached to an aromatic ring is 1. The predicted octanol–water partition coefficient (Wildman–Crippen LogP) is -0.182. The van der Waals surface area contributed by atoms with Crippen LogP contribution in [0.3, 0.4) is 0 Å². The Morgan fingerprint density at radius 2 is 2.25 bits per heavy atom. The minimum Gasteiger partial charge on any atom is -0.397 e. The molecule has 1 aromatic heterocycles. The lowest BCUT2D eigenvalue weighted by atomic mass is 10.1. The van der Waals surface area contributed by atoms with E-state index in [1.807, 2.05) is 0 Å². The van der Waals surface area contributed by atoms with Crippen LogP contribution in [-0.2, 0) is 10.0 Å². The summed E-state index contributed by atoms with van der Waals surface area (Å²) in [6.07, 6.45) is 4.04. The highest BCUT2D eigenvalue weighted by atomic mass is 32.2. The minimum absolute atomic E-state index is 0.204. The first kappa shape index (κ1) is 14.7. The second kappa shape index (κ2) is 5.76. The Morgan fingerprint density at radius 1 is 1.50 bits per heavy atom. The van der Waals surface area contributed by atoms with Gasteiger partial charge in [-0.05, 0) is 25.0 Å². The number of aromatic nitrogens is 1. The molecule has 1 atom stereocenters. The van der Waals surface area contributed by atoms with E-state index in [0.717, 1.165) is 19.1 Å². The molecule has 2 heterocycles. The first-order valence-corrected chi connectivity index (χ1v) is 8.22. The van der Waals surface area contributed by atoms with Crippen LogP contribution in [0.5, 0.6) is 0 Å². The van der Waals surface area contributed by atoms with Gasteiger partial charge < -0.3 is 10.6 Å². The van der Waals surface area contributed by atoms with Gasteiger partial charge in [-0.1, -0.05) is 0 Å². The average molecular weight is 298 g/mol. The molecule has 0 saturated carbocycles. The molecule has 1 aromatic rings. The number of nitrogens with zero attached hydrogens (tertiary/aromatic N) is 2. The number of piperidine rings is 1. The van der Waals surface area contributed by atoms with Gasteiger partial charge in [0, 0.05) is 19.1 Å². The molecule has 0 aliphatic carbocycles. The molecule has 0 spiro atoms. The van der Waals surface area contributed by atoms with E-state index >= 15 is 0 Å². The van der Waals surface area contributed by atoms with Crippen molar-refractivity contribution in [1.82, 2.24) is 14.6 Å². The molecule has 3 N–H and O–H groups in total.